The molecule has 80 heavy (non-hydrogen) atoms. The van der Waals surface area contributed by atoms with E-state index in [1.807, 2.05) is 0 Å². The van der Waals surface area contributed by atoms with Crippen molar-refractivity contribution in [2.45, 2.75) is 0 Å². The van der Waals surface area contributed by atoms with Gasteiger partial charge in [0.05, 0.1) is 11.4 Å². The Kier molecular flexibility index (Phi) is 12.6. The number of nitrogens with zero attached hydrogens (tertiary/aromatic N) is 2. The first-order chi connectivity index (χ1) is 39.7. The zero-order valence-corrected chi connectivity index (χ0v) is 44.1. The Hall–Kier alpha value is -10.5. The second kappa shape index (κ2) is 21.1. The molecule has 0 unspecified atom stereocenters. The van der Waals surface area contributed by atoms with Gasteiger partial charge in [-0.3, -0.25) is 0 Å². The van der Waals surface area contributed by atoms with Crippen LogP contribution in [-0.4, -0.2) is 0 Å². The Bertz CT molecular complexity index is 4490. The molecule has 2 heteroatoms. The van der Waals surface area contributed by atoms with Gasteiger partial charge in [0.15, 0.2) is 0 Å². The first-order valence-corrected chi connectivity index (χ1v) is 27.5. The molecule has 0 aliphatic rings. The number of benzene rings is 14. The average Bonchev–Trinajstić information content (AvgIpc) is 3.58. The van der Waals surface area contributed by atoms with E-state index in [0.717, 1.165) is 78.3 Å². The van der Waals surface area contributed by atoms with Crippen molar-refractivity contribution < 1.29 is 0 Å². The molecule has 0 bridgehead atoms. The highest BCUT2D eigenvalue weighted by molar-refractivity contribution is 6.10. The molecule has 14 aromatic rings. The fourth-order valence-electron chi connectivity index (χ4n) is 11.8. The van der Waals surface area contributed by atoms with Gasteiger partial charge < -0.3 is 9.80 Å². The van der Waals surface area contributed by atoms with Crippen LogP contribution in [0.5, 0.6) is 0 Å². The number of rotatable bonds is 12. The minimum Gasteiger partial charge on any atom is -0.310 e. The molecule has 14 aromatic carbocycles. The molecule has 2 nitrogen and oxygen atoms in total. The molecule has 0 aromatic heterocycles. The lowest BCUT2D eigenvalue weighted by molar-refractivity contribution is 1.28. The van der Waals surface area contributed by atoms with Crippen molar-refractivity contribution in [2.24, 2.45) is 0 Å². The van der Waals surface area contributed by atoms with Crippen molar-refractivity contribution in [1.29, 1.82) is 0 Å². The monoisotopic (exact) mass is 1020 g/mol. The maximum Gasteiger partial charge on any atom is 0.0546 e. The summed E-state index contributed by atoms with van der Waals surface area (Å²) in [4.78, 5) is 4.93. The quantitative estimate of drug-likeness (QED) is 0.120. The Morgan fingerprint density at radius 2 is 0.562 bits per heavy atom. The van der Waals surface area contributed by atoms with Gasteiger partial charge in [-0.2, -0.15) is 0 Å². The lowest BCUT2D eigenvalue weighted by Crippen LogP contribution is -2.13. The Balaban J connectivity index is 1.02. The van der Waals surface area contributed by atoms with Gasteiger partial charge in [0.1, 0.15) is 0 Å². The summed E-state index contributed by atoms with van der Waals surface area (Å²) in [6.45, 7) is 0. The minimum absolute atomic E-state index is 1.05. The van der Waals surface area contributed by atoms with Crippen molar-refractivity contribution in [1.82, 2.24) is 0 Å². The second-order valence-electron chi connectivity index (χ2n) is 20.4. The highest BCUT2D eigenvalue weighted by atomic mass is 15.2. The van der Waals surface area contributed by atoms with Crippen LogP contribution in [0.25, 0.3) is 99.1 Å². The summed E-state index contributed by atoms with van der Waals surface area (Å²) in [6.07, 6.45) is 0. The molecule has 376 valence electrons. The largest absolute Gasteiger partial charge is 0.310 e. The minimum atomic E-state index is 1.05. The van der Waals surface area contributed by atoms with Gasteiger partial charge in [0, 0.05) is 33.9 Å². The summed E-state index contributed by atoms with van der Waals surface area (Å²) in [5.41, 5.74) is 20.3. The van der Waals surface area contributed by atoms with Crippen LogP contribution in [0.1, 0.15) is 0 Å². The third-order valence-electron chi connectivity index (χ3n) is 15.6. The van der Waals surface area contributed by atoms with Crippen LogP contribution in [0.4, 0.5) is 34.1 Å². The summed E-state index contributed by atoms with van der Waals surface area (Å²) in [5, 5.41) is 7.21. The molecule has 0 atom stereocenters. The normalized spacial score (nSPS) is 11.2. The fourth-order valence-corrected chi connectivity index (χ4v) is 11.8. The van der Waals surface area contributed by atoms with Crippen LogP contribution in [0.2, 0.25) is 0 Å². The third kappa shape index (κ3) is 9.15. The lowest BCUT2D eigenvalue weighted by Gasteiger charge is -2.31. The summed E-state index contributed by atoms with van der Waals surface area (Å²) in [5.74, 6) is 0. The number of hydrogen-bond donors (Lipinski definition) is 0. The maximum absolute atomic E-state index is 2.47. The van der Waals surface area contributed by atoms with Gasteiger partial charge in [-0.25, -0.2) is 0 Å². The highest BCUT2D eigenvalue weighted by Crippen LogP contribution is 2.50. The van der Waals surface area contributed by atoms with Gasteiger partial charge in [0.2, 0.25) is 0 Å². The average molecular weight is 1020 g/mol. The molecule has 0 fully saturated rings. The van der Waals surface area contributed by atoms with E-state index < -0.39 is 0 Å². The van der Waals surface area contributed by atoms with E-state index in [4.69, 9.17) is 0 Å². The summed E-state index contributed by atoms with van der Waals surface area (Å²) in [7, 11) is 0. The van der Waals surface area contributed by atoms with Crippen molar-refractivity contribution in [3.05, 3.63) is 328 Å². The van der Waals surface area contributed by atoms with E-state index in [0.29, 0.717) is 0 Å². The molecular formula is C78H54N2. The van der Waals surface area contributed by atoms with Crippen molar-refractivity contribution in [2.75, 3.05) is 9.80 Å². The number of hydrogen-bond acceptors (Lipinski definition) is 2. The Morgan fingerprint density at radius 3 is 1.06 bits per heavy atom. The van der Waals surface area contributed by atoms with Gasteiger partial charge in [-0.1, -0.05) is 261 Å². The van der Waals surface area contributed by atoms with Crippen LogP contribution in [-0.2, 0) is 0 Å². The van der Waals surface area contributed by atoms with Gasteiger partial charge in [-0.15, -0.1) is 0 Å². The number of fused-ring (bicyclic) bond motifs is 3. The Morgan fingerprint density at radius 1 is 0.175 bits per heavy atom. The van der Waals surface area contributed by atoms with Crippen LogP contribution in [0.3, 0.4) is 0 Å². The van der Waals surface area contributed by atoms with E-state index >= 15 is 0 Å². The molecule has 0 spiro atoms. The molecule has 14 rings (SSSR count). The molecule has 0 aliphatic heterocycles. The van der Waals surface area contributed by atoms with E-state index in [9.17, 15) is 0 Å². The molecular weight excluding hydrogens is 965 g/mol. The smallest absolute Gasteiger partial charge is 0.0546 e. The molecule has 0 saturated carbocycles. The predicted octanol–water partition coefficient (Wildman–Crippen LogP) is 22.1. The summed E-state index contributed by atoms with van der Waals surface area (Å²) < 4.78 is 0. The molecule has 0 N–H and O–H groups in total. The first kappa shape index (κ1) is 47.9. The van der Waals surface area contributed by atoms with Crippen LogP contribution >= 0.6 is 0 Å². The topological polar surface area (TPSA) is 6.48 Å². The Labute approximate surface area is 468 Å². The predicted molar refractivity (Wildman–Crippen MR) is 341 cm³/mol. The standard InChI is InChI=1S/C78H54N2/c1-5-21-55(22-6-1)63-33-17-35-68(51-63)79(66-46-41-60(42-47-66)72-39-19-31-57-27-13-15-37-70(57)72)76-50-45-65-53-74(59-25-9-3-10-26-59)77(54-75(65)78(76)62-29-11-4-12-30-62)80(69-36-18-34-64(52-69)56-23-7-2-8-24-56)67-48-43-61(44-49-67)73-40-20-32-58-28-14-16-38-71(58)73/h1-54H. The molecule has 0 heterocycles. The van der Waals surface area contributed by atoms with Gasteiger partial charge in [0.25, 0.3) is 0 Å². The zero-order chi connectivity index (χ0) is 53.2. The van der Waals surface area contributed by atoms with Crippen LogP contribution in [0, 0.1) is 0 Å². The molecule has 0 saturated heterocycles. The maximum atomic E-state index is 2.47. The van der Waals surface area contributed by atoms with Crippen LogP contribution in [0.15, 0.2) is 328 Å². The molecule has 0 radical (unpaired) electrons. The van der Waals surface area contributed by atoms with E-state index in [2.05, 4.69) is 337 Å². The summed E-state index contributed by atoms with van der Waals surface area (Å²) in [6, 6.07) is 120. The fraction of sp³-hybridized carbons (Fsp3) is 0. The van der Waals surface area contributed by atoms with Gasteiger partial charge >= 0.3 is 0 Å². The lowest BCUT2D eigenvalue weighted by atomic mass is 9.91. The molecule has 0 aliphatic carbocycles. The first-order valence-electron chi connectivity index (χ1n) is 27.5. The van der Waals surface area contributed by atoms with Crippen LogP contribution < -0.4 is 9.80 Å². The SMILES string of the molecule is c1ccc(-c2cccc(N(c3ccc(-c4cccc5ccccc45)cc3)c3cc4c(-c5ccccc5)c(N(c5ccc(-c6cccc7ccccc67)cc5)c5cccc(-c6ccccc6)c5)ccc4cc3-c3ccccc3)c2)cc1. The van der Waals surface area contributed by atoms with Crippen molar-refractivity contribution >= 4 is 66.4 Å². The van der Waals surface area contributed by atoms with Crippen molar-refractivity contribution in [3.63, 3.8) is 0 Å². The van der Waals surface area contributed by atoms with Gasteiger partial charge in [-0.05, 0) is 155 Å². The van der Waals surface area contributed by atoms with Crippen molar-refractivity contribution in [3.8, 4) is 66.8 Å². The van der Waals surface area contributed by atoms with E-state index in [1.165, 1.54) is 54.9 Å². The summed E-state index contributed by atoms with van der Waals surface area (Å²) >= 11 is 0. The number of anilines is 6. The third-order valence-corrected chi connectivity index (χ3v) is 15.6. The molecule has 0 amide bonds. The zero-order valence-electron chi connectivity index (χ0n) is 44.1. The van der Waals surface area contributed by atoms with E-state index in [-0.39, 0.29) is 0 Å². The highest BCUT2D eigenvalue weighted by Gasteiger charge is 2.25. The second-order valence-corrected chi connectivity index (χ2v) is 20.4. The van der Waals surface area contributed by atoms with E-state index in [1.54, 1.807) is 0 Å².